The van der Waals surface area contributed by atoms with Gasteiger partial charge in [0, 0.05) is 25.3 Å². The van der Waals surface area contributed by atoms with Crippen LogP contribution in [-0.2, 0) is 17.8 Å². The normalized spacial score (nSPS) is 10.6. The topological polar surface area (TPSA) is 106 Å². The van der Waals surface area contributed by atoms with Crippen LogP contribution in [0.1, 0.15) is 11.5 Å². The van der Waals surface area contributed by atoms with E-state index in [1.807, 2.05) is 0 Å². The minimum atomic E-state index is -0.274. The van der Waals surface area contributed by atoms with Gasteiger partial charge in [0.15, 0.2) is 5.82 Å². The molecule has 0 aliphatic carbocycles. The summed E-state index contributed by atoms with van der Waals surface area (Å²) in [5.74, 6) is 0.716. The largest absolute Gasteiger partial charge is 0.396 e. The van der Waals surface area contributed by atoms with Crippen molar-refractivity contribution in [1.82, 2.24) is 20.2 Å². The fourth-order valence-electron chi connectivity index (χ4n) is 1.40. The Kier molecular flexibility index (Phi) is 3.68. The number of aromatic nitrogens is 4. The number of nitrogens with one attached hydrogen (secondary N) is 1. The van der Waals surface area contributed by atoms with Crippen molar-refractivity contribution in [2.45, 2.75) is 19.9 Å². The standard InChI is InChI=1S/C10H13N5O3/c1-7-4-9(13-18-7)11-10(17)6-15-5-8(2-3-16)12-14-15/h4-5,16H,2-3,6H2,1H3,(H,11,13,17). The summed E-state index contributed by atoms with van der Waals surface area (Å²) in [5.41, 5.74) is 0.641. The number of aryl methyl sites for hydroxylation is 1. The summed E-state index contributed by atoms with van der Waals surface area (Å²) in [6.45, 7) is 1.77. The van der Waals surface area contributed by atoms with Gasteiger partial charge in [0.05, 0.1) is 5.69 Å². The van der Waals surface area contributed by atoms with Gasteiger partial charge in [0.2, 0.25) is 5.91 Å². The van der Waals surface area contributed by atoms with E-state index >= 15 is 0 Å². The molecule has 0 aliphatic heterocycles. The Balaban J connectivity index is 1.90. The third-order valence-electron chi connectivity index (χ3n) is 2.16. The van der Waals surface area contributed by atoms with Crippen molar-refractivity contribution >= 4 is 11.7 Å². The zero-order valence-corrected chi connectivity index (χ0v) is 9.83. The molecule has 2 rings (SSSR count). The van der Waals surface area contributed by atoms with Crippen LogP contribution in [-0.4, -0.2) is 37.8 Å². The van der Waals surface area contributed by atoms with Gasteiger partial charge in [-0.15, -0.1) is 5.10 Å². The van der Waals surface area contributed by atoms with Crippen LogP contribution in [0.3, 0.4) is 0 Å². The number of carbonyl (C=O) groups is 1. The fraction of sp³-hybridized carbons (Fsp3) is 0.400. The van der Waals surface area contributed by atoms with E-state index in [0.29, 0.717) is 23.7 Å². The molecule has 0 aliphatic rings. The average molecular weight is 251 g/mol. The minimum Gasteiger partial charge on any atom is -0.396 e. The van der Waals surface area contributed by atoms with E-state index in [0.717, 1.165) is 0 Å². The van der Waals surface area contributed by atoms with Crippen LogP contribution in [0.25, 0.3) is 0 Å². The molecule has 2 heterocycles. The summed E-state index contributed by atoms with van der Waals surface area (Å²) in [7, 11) is 0. The van der Waals surface area contributed by atoms with Gasteiger partial charge >= 0.3 is 0 Å². The number of aliphatic hydroxyl groups excluding tert-OH is 1. The molecule has 96 valence electrons. The number of hydrogen-bond donors (Lipinski definition) is 2. The van der Waals surface area contributed by atoms with Gasteiger partial charge in [-0.25, -0.2) is 4.68 Å². The van der Waals surface area contributed by atoms with Crippen LogP contribution >= 0.6 is 0 Å². The monoisotopic (exact) mass is 251 g/mol. The van der Waals surface area contributed by atoms with Gasteiger partial charge in [-0.05, 0) is 6.92 Å². The molecule has 0 unspecified atom stereocenters. The van der Waals surface area contributed by atoms with Gasteiger partial charge < -0.3 is 14.9 Å². The molecular weight excluding hydrogens is 238 g/mol. The van der Waals surface area contributed by atoms with E-state index in [9.17, 15) is 4.79 Å². The molecule has 0 spiro atoms. The second-order valence-electron chi connectivity index (χ2n) is 3.75. The highest BCUT2D eigenvalue weighted by atomic mass is 16.5. The highest BCUT2D eigenvalue weighted by Crippen LogP contribution is 2.06. The van der Waals surface area contributed by atoms with Crippen molar-refractivity contribution < 1.29 is 14.4 Å². The van der Waals surface area contributed by atoms with Crippen LogP contribution in [0.5, 0.6) is 0 Å². The predicted octanol–water partition coefficient (Wildman–Crippen LogP) is -0.252. The van der Waals surface area contributed by atoms with E-state index in [2.05, 4.69) is 20.8 Å². The smallest absolute Gasteiger partial charge is 0.247 e. The number of anilines is 1. The predicted molar refractivity (Wildman–Crippen MR) is 60.7 cm³/mol. The molecular formula is C10H13N5O3. The maximum atomic E-state index is 11.6. The Morgan fingerprint density at radius 2 is 2.44 bits per heavy atom. The van der Waals surface area contributed by atoms with E-state index in [1.54, 1.807) is 19.2 Å². The van der Waals surface area contributed by atoms with E-state index < -0.39 is 0 Å². The average Bonchev–Trinajstić information content (AvgIpc) is 2.89. The van der Waals surface area contributed by atoms with Crippen molar-refractivity contribution in [2.24, 2.45) is 0 Å². The molecule has 0 bridgehead atoms. The van der Waals surface area contributed by atoms with Crippen LogP contribution in [0.2, 0.25) is 0 Å². The lowest BCUT2D eigenvalue weighted by Gasteiger charge is -1.99. The van der Waals surface area contributed by atoms with Gasteiger partial charge in [0.1, 0.15) is 12.3 Å². The Morgan fingerprint density at radius 1 is 1.61 bits per heavy atom. The van der Waals surface area contributed by atoms with Crippen LogP contribution in [0.15, 0.2) is 16.8 Å². The van der Waals surface area contributed by atoms with Gasteiger partial charge in [-0.3, -0.25) is 4.79 Å². The minimum absolute atomic E-state index is 0.00308. The summed E-state index contributed by atoms with van der Waals surface area (Å²) in [6.07, 6.45) is 2.04. The number of aliphatic hydroxyl groups is 1. The first-order valence-electron chi connectivity index (χ1n) is 5.40. The first-order chi connectivity index (χ1) is 8.67. The molecule has 2 aromatic heterocycles. The molecule has 8 nitrogen and oxygen atoms in total. The maximum Gasteiger partial charge on any atom is 0.247 e. The maximum absolute atomic E-state index is 11.6. The molecule has 1 amide bonds. The summed E-state index contributed by atoms with van der Waals surface area (Å²) < 4.78 is 6.22. The van der Waals surface area contributed by atoms with Gasteiger partial charge in [0.25, 0.3) is 0 Å². The molecule has 0 aromatic carbocycles. The first kappa shape index (κ1) is 12.2. The lowest BCUT2D eigenvalue weighted by Crippen LogP contribution is -2.19. The van der Waals surface area contributed by atoms with Crippen molar-refractivity contribution in [3.63, 3.8) is 0 Å². The van der Waals surface area contributed by atoms with Crippen LogP contribution in [0, 0.1) is 6.92 Å². The highest BCUT2D eigenvalue weighted by Gasteiger charge is 2.08. The van der Waals surface area contributed by atoms with E-state index in [1.165, 1.54) is 4.68 Å². The van der Waals surface area contributed by atoms with Gasteiger partial charge in [-0.2, -0.15) is 0 Å². The number of nitrogens with zero attached hydrogens (tertiary/aromatic N) is 4. The number of carbonyl (C=O) groups excluding carboxylic acids is 1. The van der Waals surface area contributed by atoms with E-state index in [-0.39, 0.29) is 19.1 Å². The fourth-order valence-corrected chi connectivity index (χ4v) is 1.40. The lowest BCUT2D eigenvalue weighted by atomic mass is 10.3. The molecule has 2 aromatic rings. The second-order valence-corrected chi connectivity index (χ2v) is 3.75. The van der Waals surface area contributed by atoms with Crippen molar-refractivity contribution in [2.75, 3.05) is 11.9 Å². The number of hydrogen-bond acceptors (Lipinski definition) is 6. The number of rotatable bonds is 5. The van der Waals surface area contributed by atoms with Crippen molar-refractivity contribution in [3.05, 3.63) is 23.7 Å². The summed E-state index contributed by atoms with van der Waals surface area (Å²) in [6, 6.07) is 1.62. The second kappa shape index (κ2) is 5.41. The molecule has 0 radical (unpaired) electrons. The third kappa shape index (κ3) is 3.14. The Bertz CT molecular complexity index is 533. The molecule has 2 N–H and O–H groups in total. The molecule has 0 fully saturated rings. The summed E-state index contributed by atoms with van der Waals surface area (Å²) >= 11 is 0. The van der Waals surface area contributed by atoms with Crippen molar-refractivity contribution in [1.29, 1.82) is 0 Å². The molecule has 8 heteroatoms. The van der Waals surface area contributed by atoms with E-state index in [4.69, 9.17) is 9.63 Å². The Morgan fingerprint density at radius 3 is 3.11 bits per heavy atom. The highest BCUT2D eigenvalue weighted by molar-refractivity contribution is 5.89. The Hall–Kier alpha value is -2.22. The van der Waals surface area contributed by atoms with Crippen LogP contribution < -0.4 is 5.32 Å². The molecule has 0 saturated heterocycles. The van der Waals surface area contributed by atoms with Crippen LogP contribution in [0.4, 0.5) is 5.82 Å². The summed E-state index contributed by atoms with van der Waals surface area (Å²) in [4.78, 5) is 11.6. The quantitative estimate of drug-likeness (QED) is 0.758. The molecule has 0 atom stereocenters. The molecule has 0 saturated carbocycles. The van der Waals surface area contributed by atoms with Gasteiger partial charge in [-0.1, -0.05) is 10.4 Å². The Labute approximate surface area is 103 Å². The van der Waals surface area contributed by atoms with Crippen molar-refractivity contribution in [3.8, 4) is 0 Å². The number of amides is 1. The zero-order valence-electron chi connectivity index (χ0n) is 9.83. The first-order valence-corrected chi connectivity index (χ1v) is 5.40. The third-order valence-corrected chi connectivity index (χ3v) is 2.16. The summed E-state index contributed by atoms with van der Waals surface area (Å²) in [5, 5.41) is 22.5. The lowest BCUT2D eigenvalue weighted by molar-refractivity contribution is -0.117. The zero-order chi connectivity index (χ0) is 13.0. The SMILES string of the molecule is Cc1cc(NC(=O)Cn2cc(CCO)nn2)no1. The molecule has 18 heavy (non-hydrogen) atoms.